The van der Waals surface area contributed by atoms with Gasteiger partial charge in [0.25, 0.3) is 0 Å². The fourth-order valence-electron chi connectivity index (χ4n) is 1.18. The molecule has 0 aromatic carbocycles. The van der Waals surface area contributed by atoms with E-state index in [1.807, 2.05) is 6.92 Å². The summed E-state index contributed by atoms with van der Waals surface area (Å²) in [6.07, 6.45) is -0.0209. The van der Waals surface area contributed by atoms with E-state index < -0.39 is 0 Å². The number of ether oxygens (including phenoxy) is 2. The summed E-state index contributed by atoms with van der Waals surface area (Å²) in [7, 11) is 6.73. The van der Waals surface area contributed by atoms with Gasteiger partial charge < -0.3 is 19.7 Å². The summed E-state index contributed by atoms with van der Waals surface area (Å²) in [4.78, 5) is 13.1. The van der Waals surface area contributed by atoms with E-state index in [-0.39, 0.29) is 18.1 Å². The molecular formula is C10H22N2O3. The largest absolute Gasteiger partial charge is 0.382 e. The van der Waals surface area contributed by atoms with Crippen LogP contribution in [-0.2, 0) is 14.3 Å². The molecule has 1 N–H and O–H groups in total. The number of methoxy groups -OCH3 is 2. The molecule has 0 fully saturated rings. The lowest BCUT2D eigenvalue weighted by Gasteiger charge is -2.21. The van der Waals surface area contributed by atoms with Crippen LogP contribution >= 0.6 is 0 Å². The lowest BCUT2D eigenvalue weighted by Crippen LogP contribution is -2.45. The SMILES string of the molecule is COCC(CNC(C)C(=O)N(C)C)OC. The summed E-state index contributed by atoms with van der Waals surface area (Å²) < 4.78 is 10.1. The maximum atomic E-state index is 11.5. The molecule has 0 bridgehead atoms. The van der Waals surface area contributed by atoms with Gasteiger partial charge in [-0.1, -0.05) is 0 Å². The van der Waals surface area contributed by atoms with Crippen LogP contribution in [0.1, 0.15) is 6.92 Å². The first kappa shape index (κ1) is 14.3. The Balaban J connectivity index is 3.87. The molecule has 2 atom stereocenters. The Hall–Kier alpha value is -0.650. The van der Waals surface area contributed by atoms with Crippen LogP contribution in [0, 0.1) is 0 Å². The summed E-state index contributed by atoms with van der Waals surface area (Å²) in [6, 6.07) is -0.200. The van der Waals surface area contributed by atoms with Crippen molar-refractivity contribution in [3.63, 3.8) is 0 Å². The van der Waals surface area contributed by atoms with E-state index in [1.165, 1.54) is 0 Å². The molecule has 0 spiro atoms. The van der Waals surface area contributed by atoms with Gasteiger partial charge in [0.1, 0.15) is 0 Å². The Labute approximate surface area is 91.7 Å². The van der Waals surface area contributed by atoms with Gasteiger partial charge in [-0.2, -0.15) is 0 Å². The molecule has 0 aliphatic carbocycles. The summed E-state index contributed by atoms with van der Waals surface area (Å²) in [5, 5.41) is 3.10. The lowest BCUT2D eigenvalue weighted by atomic mass is 10.2. The van der Waals surface area contributed by atoms with Crippen LogP contribution in [0.3, 0.4) is 0 Å². The summed E-state index contributed by atoms with van der Waals surface area (Å²) in [5.74, 6) is 0.0577. The van der Waals surface area contributed by atoms with Gasteiger partial charge in [-0.3, -0.25) is 4.79 Å². The molecule has 0 heterocycles. The van der Waals surface area contributed by atoms with Crippen LogP contribution in [0.25, 0.3) is 0 Å². The highest BCUT2D eigenvalue weighted by Gasteiger charge is 2.16. The monoisotopic (exact) mass is 218 g/mol. The van der Waals surface area contributed by atoms with Crippen molar-refractivity contribution in [3.05, 3.63) is 0 Å². The topological polar surface area (TPSA) is 50.8 Å². The van der Waals surface area contributed by atoms with Gasteiger partial charge in [-0.15, -0.1) is 0 Å². The fraction of sp³-hybridized carbons (Fsp3) is 0.900. The molecule has 0 rings (SSSR count). The van der Waals surface area contributed by atoms with E-state index >= 15 is 0 Å². The minimum absolute atomic E-state index is 0.0209. The molecule has 90 valence electrons. The normalized spacial score (nSPS) is 14.7. The van der Waals surface area contributed by atoms with Gasteiger partial charge in [0.15, 0.2) is 0 Å². The zero-order chi connectivity index (χ0) is 11.8. The Morgan fingerprint density at radius 2 is 2.00 bits per heavy atom. The quantitative estimate of drug-likeness (QED) is 0.638. The summed E-state index contributed by atoms with van der Waals surface area (Å²) in [5.41, 5.74) is 0. The first-order chi connectivity index (χ1) is 7.02. The van der Waals surface area contributed by atoms with Gasteiger partial charge in [-0.05, 0) is 6.92 Å². The van der Waals surface area contributed by atoms with Crippen LogP contribution in [0.5, 0.6) is 0 Å². The standard InChI is InChI=1S/C10H22N2O3/c1-8(10(13)12(2)3)11-6-9(15-5)7-14-4/h8-9,11H,6-7H2,1-5H3. The third kappa shape index (κ3) is 5.71. The van der Waals surface area contributed by atoms with Crippen molar-refractivity contribution in [2.45, 2.75) is 19.1 Å². The number of nitrogens with one attached hydrogen (secondary N) is 1. The van der Waals surface area contributed by atoms with E-state index in [1.54, 1.807) is 33.2 Å². The Kier molecular flexibility index (Phi) is 7.29. The van der Waals surface area contributed by atoms with E-state index in [0.717, 1.165) is 0 Å². The van der Waals surface area contributed by atoms with Crippen LogP contribution in [0.15, 0.2) is 0 Å². The van der Waals surface area contributed by atoms with Crippen LogP contribution in [0.2, 0.25) is 0 Å². The number of hydrogen-bond acceptors (Lipinski definition) is 4. The lowest BCUT2D eigenvalue weighted by molar-refractivity contribution is -0.130. The van der Waals surface area contributed by atoms with Gasteiger partial charge in [-0.25, -0.2) is 0 Å². The molecule has 5 heteroatoms. The third-order valence-corrected chi connectivity index (χ3v) is 2.15. The minimum Gasteiger partial charge on any atom is -0.382 e. The van der Waals surface area contributed by atoms with E-state index in [4.69, 9.17) is 9.47 Å². The van der Waals surface area contributed by atoms with Gasteiger partial charge >= 0.3 is 0 Å². The molecule has 1 amide bonds. The molecule has 0 saturated heterocycles. The maximum absolute atomic E-state index is 11.5. The van der Waals surface area contributed by atoms with Crippen molar-refractivity contribution in [3.8, 4) is 0 Å². The van der Waals surface area contributed by atoms with Crippen molar-refractivity contribution < 1.29 is 14.3 Å². The predicted molar refractivity (Wildman–Crippen MR) is 58.8 cm³/mol. The van der Waals surface area contributed by atoms with E-state index in [0.29, 0.717) is 13.2 Å². The average Bonchev–Trinajstić information content (AvgIpc) is 2.22. The summed E-state index contributed by atoms with van der Waals surface area (Å²) >= 11 is 0. The molecule has 0 radical (unpaired) electrons. The number of carbonyl (C=O) groups is 1. The molecule has 0 saturated carbocycles. The highest BCUT2D eigenvalue weighted by Crippen LogP contribution is 1.93. The van der Waals surface area contributed by atoms with Crippen molar-refractivity contribution in [2.75, 3.05) is 41.5 Å². The second kappa shape index (κ2) is 7.62. The molecule has 2 unspecified atom stereocenters. The third-order valence-electron chi connectivity index (χ3n) is 2.15. The molecule has 0 aliphatic rings. The first-order valence-electron chi connectivity index (χ1n) is 4.99. The van der Waals surface area contributed by atoms with Crippen molar-refractivity contribution in [2.24, 2.45) is 0 Å². The number of likely N-dealkylation sites (N-methyl/N-ethyl adjacent to an activating group) is 1. The number of nitrogens with zero attached hydrogens (tertiary/aromatic N) is 1. The van der Waals surface area contributed by atoms with Crippen LogP contribution in [-0.4, -0.2) is 64.4 Å². The Morgan fingerprint density at radius 1 is 1.40 bits per heavy atom. The molecular weight excluding hydrogens is 196 g/mol. The predicted octanol–water partition coefficient (Wildman–Crippen LogP) is -0.286. The van der Waals surface area contributed by atoms with Crippen molar-refractivity contribution >= 4 is 5.91 Å². The number of carbonyl (C=O) groups excluding carboxylic acids is 1. The van der Waals surface area contributed by atoms with E-state index in [2.05, 4.69) is 5.32 Å². The second-order valence-electron chi connectivity index (χ2n) is 3.68. The molecule has 0 aliphatic heterocycles. The highest BCUT2D eigenvalue weighted by atomic mass is 16.5. The smallest absolute Gasteiger partial charge is 0.238 e. The molecule has 0 aromatic rings. The zero-order valence-electron chi connectivity index (χ0n) is 10.2. The maximum Gasteiger partial charge on any atom is 0.238 e. The number of amides is 1. The van der Waals surface area contributed by atoms with E-state index in [9.17, 15) is 4.79 Å². The zero-order valence-corrected chi connectivity index (χ0v) is 10.2. The van der Waals surface area contributed by atoms with Crippen molar-refractivity contribution in [1.82, 2.24) is 10.2 Å². The van der Waals surface area contributed by atoms with Crippen LogP contribution < -0.4 is 5.32 Å². The second-order valence-corrected chi connectivity index (χ2v) is 3.68. The first-order valence-corrected chi connectivity index (χ1v) is 4.99. The molecule has 15 heavy (non-hydrogen) atoms. The number of hydrogen-bond donors (Lipinski definition) is 1. The fourth-order valence-corrected chi connectivity index (χ4v) is 1.18. The Bertz CT molecular complexity index is 186. The highest BCUT2D eigenvalue weighted by molar-refractivity contribution is 5.80. The van der Waals surface area contributed by atoms with Crippen LogP contribution in [0.4, 0.5) is 0 Å². The summed E-state index contributed by atoms with van der Waals surface area (Å²) in [6.45, 7) is 2.96. The average molecular weight is 218 g/mol. The molecule has 5 nitrogen and oxygen atoms in total. The van der Waals surface area contributed by atoms with Gasteiger partial charge in [0.05, 0.1) is 18.8 Å². The minimum atomic E-state index is -0.200. The molecule has 0 aromatic heterocycles. The van der Waals surface area contributed by atoms with Crippen molar-refractivity contribution in [1.29, 1.82) is 0 Å². The Morgan fingerprint density at radius 3 is 2.40 bits per heavy atom. The van der Waals surface area contributed by atoms with Gasteiger partial charge in [0, 0.05) is 34.9 Å². The van der Waals surface area contributed by atoms with Gasteiger partial charge in [0.2, 0.25) is 5.91 Å². The number of rotatable bonds is 7.